The maximum absolute atomic E-state index is 11.2. The molecule has 1 aliphatic heterocycles. The second-order valence-electron chi connectivity index (χ2n) is 3.09. The van der Waals surface area contributed by atoms with Gasteiger partial charge in [-0.25, -0.2) is 4.79 Å². The number of nitrogens with zero attached hydrogens (tertiary/aromatic N) is 1. The Morgan fingerprint density at radius 2 is 2.42 bits per heavy atom. The number of β-amino-alcohol motifs (C(OH)–C–C–N with tert-alkyl or cyclic N) is 1. The number of rotatable bonds is 1. The van der Waals surface area contributed by atoms with Crippen LogP contribution in [-0.2, 0) is 4.74 Å². The van der Waals surface area contributed by atoms with Gasteiger partial charge in [0.2, 0.25) is 0 Å². The topological polar surface area (TPSA) is 49.8 Å². The summed E-state index contributed by atoms with van der Waals surface area (Å²) in [5, 5.41) is 9.24. The van der Waals surface area contributed by atoms with Gasteiger partial charge in [0.1, 0.15) is 0 Å². The van der Waals surface area contributed by atoms with Gasteiger partial charge in [-0.05, 0) is 20.3 Å². The summed E-state index contributed by atoms with van der Waals surface area (Å²) in [6, 6.07) is 0.0963. The van der Waals surface area contributed by atoms with Gasteiger partial charge in [-0.3, -0.25) is 0 Å². The maximum atomic E-state index is 11.2. The molecule has 0 radical (unpaired) electrons. The Morgan fingerprint density at radius 3 is 2.83 bits per heavy atom. The molecule has 0 bridgehead atoms. The summed E-state index contributed by atoms with van der Waals surface area (Å²) in [6.45, 7) is 4.47. The fourth-order valence-corrected chi connectivity index (χ4v) is 1.46. The molecule has 0 spiro atoms. The van der Waals surface area contributed by atoms with Crippen molar-refractivity contribution in [3.63, 3.8) is 0 Å². The summed E-state index contributed by atoms with van der Waals surface area (Å²) in [4.78, 5) is 12.8. The molecule has 4 heteroatoms. The largest absolute Gasteiger partial charge is 0.450 e. The third-order valence-electron chi connectivity index (χ3n) is 2.06. The highest BCUT2D eigenvalue weighted by Crippen LogP contribution is 2.17. The Kier molecular flexibility index (Phi) is 2.92. The zero-order valence-corrected chi connectivity index (χ0v) is 7.49. The van der Waals surface area contributed by atoms with Crippen molar-refractivity contribution in [3.8, 4) is 0 Å². The van der Waals surface area contributed by atoms with Crippen molar-refractivity contribution in [2.75, 3.05) is 13.2 Å². The van der Waals surface area contributed by atoms with Crippen molar-refractivity contribution in [2.45, 2.75) is 32.4 Å². The van der Waals surface area contributed by atoms with Crippen LogP contribution in [0, 0.1) is 0 Å². The van der Waals surface area contributed by atoms with E-state index in [9.17, 15) is 9.90 Å². The second kappa shape index (κ2) is 3.76. The SMILES string of the molecule is CCOC(=O)N1CC(O)C[C@H]1C. The number of aliphatic hydroxyl groups excluding tert-OH is 1. The predicted octanol–water partition coefficient (Wildman–Crippen LogP) is 0.598. The summed E-state index contributed by atoms with van der Waals surface area (Å²) >= 11 is 0. The molecule has 0 aromatic heterocycles. The minimum Gasteiger partial charge on any atom is -0.450 e. The molecule has 1 N–H and O–H groups in total. The van der Waals surface area contributed by atoms with E-state index < -0.39 is 0 Å². The third-order valence-corrected chi connectivity index (χ3v) is 2.06. The fourth-order valence-electron chi connectivity index (χ4n) is 1.46. The van der Waals surface area contributed by atoms with Crippen LogP contribution >= 0.6 is 0 Å². The molecule has 70 valence electrons. The lowest BCUT2D eigenvalue weighted by molar-refractivity contribution is 0.0996. The van der Waals surface area contributed by atoms with Crippen LogP contribution in [0.3, 0.4) is 0 Å². The fraction of sp³-hybridized carbons (Fsp3) is 0.875. The van der Waals surface area contributed by atoms with Crippen molar-refractivity contribution in [1.29, 1.82) is 0 Å². The zero-order valence-electron chi connectivity index (χ0n) is 7.49. The molecule has 1 fully saturated rings. The quantitative estimate of drug-likeness (QED) is 0.631. The Morgan fingerprint density at radius 1 is 1.75 bits per heavy atom. The van der Waals surface area contributed by atoms with Crippen LogP contribution in [0.4, 0.5) is 4.79 Å². The van der Waals surface area contributed by atoms with Gasteiger partial charge in [-0.15, -0.1) is 0 Å². The van der Waals surface area contributed by atoms with Crippen LogP contribution in [-0.4, -0.2) is 41.4 Å². The second-order valence-corrected chi connectivity index (χ2v) is 3.09. The zero-order chi connectivity index (χ0) is 9.14. The minimum atomic E-state index is -0.385. The van der Waals surface area contributed by atoms with Crippen molar-refractivity contribution < 1.29 is 14.6 Å². The van der Waals surface area contributed by atoms with Gasteiger partial charge in [0, 0.05) is 6.04 Å². The van der Waals surface area contributed by atoms with Gasteiger partial charge in [0.25, 0.3) is 0 Å². The average molecular weight is 173 g/mol. The van der Waals surface area contributed by atoms with Crippen molar-refractivity contribution in [1.82, 2.24) is 4.90 Å². The molecule has 12 heavy (non-hydrogen) atoms. The number of carbonyl (C=O) groups excluding carboxylic acids is 1. The lowest BCUT2D eigenvalue weighted by Crippen LogP contribution is -2.34. The lowest BCUT2D eigenvalue weighted by atomic mass is 10.2. The summed E-state index contributed by atoms with van der Waals surface area (Å²) in [7, 11) is 0. The molecule has 0 saturated carbocycles. The van der Waals surface area contributed by atoms with E-state index in [1.807, 2.05) is 6.92 Å². The Hall–Kier alpha value is -0.770. The van der Waals surface area contributed by atoms with E-state index in [1.54, 1.807) is 11.8 Å². The Balaban J connectivity index is 2.46. The van der Waals surface area contributed by atoms with Crippen LogP contribution in [0.15, 0.2) is 0 Å². The smallest absolute Gasteiger partial charge is 0.410 e. The van der Waals surface area contributed by atoms with E-state index >= 15 is 0 Å². The number of hydrogen-bond donors (Lipinski definition) is 1. The summed E-state index contributed by atoms with van der Waals surface area (Å²) in [5.74, 6) is 0. The van der Waals surface area contributed by atoms with E-state index in [1.165, 1.54) is 0 Å². The van der Waals surface area contributed by atoms with E-state index in [2.05, 4.69) is 0 Å². The standard InChI is InChI=1S/C8H15NO3/c1-3-12-8(11)9-5-7(10)4-6(9)2/h6-7,10H,3-5H2,1-2H3/t6-,7?/m1/s1. The molecule has 0 aliphatic carbocycles. The van der Waals surface area contributed by atoms with Gasteiger partial charge >= 0.3 is 6.09 Å². The van der Waals surface area contributed by atoms with Gasteiger partial charge in [0.15, 0.2) is 0 Å². The van der Waals surface area contributed by atoms with Crippen molar-refractivity contribution in [3.05, 3.63) is 0 Å². The van der Waals surface area contributed by atoms with Crippen LogP contribution in [0.5, 0.6) is 0 Å². The molecule has 1 heterocycles. The van der Waals surface area contributed by atoms with E-state index in [0.29, 0.717) is 19.6 Å². The molecule has 4 nitrogen and oxygen atoms in total. The van der Waals surface area contributed by atoms with E-state index in [4.69, 9.17) is 4.74 Å². The molecule has 1 aliphatic rings. The Labute approximate surface area is 72.1 Å². The van der Waals surface area contributed by atoms with Crippen LogP contribution in [0.1, 0.15) is 20.3 Å². The van der Waals surface area contributed by atoms with Crippen molar-refractivity contribution in [2.24, 2.45) is 0 Å². The predicted molar refractivity (Wildman–Crippen MR) is 43.8 cm³/mol. The van der Waals surface area contributed by atoms with Gasteiger partial charge < -0.3 is 14.7 Å². The maximum Gasteiger partial charge on any atom is 0.410 e. The molecule has 0 aromatic carbocycles. The highest BCUT2D eigenvalue weighted by Gasteiger charge is 2.31. The van der Waals surface area contributed by atoms with Crippen LogP contribution in [0.25, 0.3) is 0 Å². The highest BCUT2D eigenvalue weighted by atomic mass is 16.6. The van der Waals surface area contributed by atoms with E-state index in [-0.39, 0.29) is 18.2 Å². The number of aliphatic hydroxyl groups is 1. The summed E-state index contributed by atoms with van der Waals surface area (Å²) in [6.07, 6.45) is -0.0512. The number of likely N-dealkylation sites (tertiary alicyclic amines) is 1. The summed E-state index contributed by atoms with van der Waals surface area (Å²) in [5.41, 5.74) is 0. The molecule has 1 amide bonds. The van der Waals surface area contributed by atoms with Crippen LogP contribution < -0.4 is 0 Å². The first-order chi connectivity index (χ1) is 5.65. The van der Waals surface area contributed by atoms with Crippen molar-refractivity contribution >= 4 is 6.09 Å². The van der Waals surface area contributed by atoms with E-state index in [0.717, 1.165) is 0 Å². The first-order valence-electron chi connectivity index (χ1n) is 4.26. The van der Waals surface area contributed by atoms with Crippen LogP contribution in [0.2, 0.25) is 0 Å². The Bertz CT molecular complexity index is 172. The first kappa shape index (κ1) is 9.32. The number of ether oxygens (including phenoxy) is 1. The highest BCUT2D eigenvalue weighted by molar-refractivity contribution is 5.68. The first-order valence-corrected chi connectivity index (χ1v) is 4.26. The monoisotopic (exact) mass is 173 g/mol. The van der Waals surface area contributed by atoms with Gasteiger partial charge in [-0.2, -0.15) is 0 Å². The summed E-state index contributed by atoms with van der Waals surface area (Å²) < 4.78 is 4.82. The van der Waals surface area contributed by atoms with Gasteiger partial charge in [0.05, 0.1) is 19.3 Å². The normalized spacial score (nSPS) is 29.1. The average Bonchev–Trinajstić information content (AvgIpc) is 2.30. The number of hydrogen-bond acceptors (Lipinski definition) is 3. The third kappa shape index (κ3) is 1.88. The molecule has 0 aromatic rings. The number of carbonyl (C=O) groups is 1. The molecular formula is C8H15NO3. The number of amides is 1. The molecular weight excluding hydrogens is 158 g/mol. The molecule has 1 rings (SSSR count). The van der Waals surface area contributed by atoms with Gasteiger partial charge in [-0.1, -0.05) is 0 Å². The molecule has 1 unspecified atom stereocenters. The molecule has 2 atom stereocenters. The lowest BCUT2D eigenvalue weighted by Gasteiger charge is -2.19. The minimum absolute atomic E-state index is 0.0963. The molecule has 1 saturated heterocycles.